The number of hydrogen-bond acceptors (Lipinski definition) is 7. The number of methoxy groups -OCH3 is 1. The van der Waals surface area contributed by atoms with Crippen molar-refractivity contribution in [1.82, 2.24) is 24.5 Å². The summed E-state index contributed by atoms with van der Waals surface area (Å²) in [6.45, 7) is 2.80. The number of fused-ring (bicyclic) bond motifs is 3. The van der Waals surface area contributed by atoms with Crippen molar-refractivity contribution in [2.45, 2.75) is 13.2 Å². The van der Waals surface area contributed by atoms with Crippen molar-refractivity contribution >= 4 is 40.2 Å². The van der Waals surface area contributed by atoms with Gasteiger partial charge in [-0.3, -0.25) is 0 Å². The molecule has 1 amide bonds. The van der Waals surface area contributed by atoms with Crippen molar-refractivity contribution in [3.8, 4) is 0 Å². The average Bonchev–Trinajstić information content (AvgIpc) is 3.27. The van der Waals surface area contributed by atoms with Gasteiger partial charge in [0.15, 0.2) is 11.5 Å². The smallest absolute Gasteiger partial charge is 0.410 e. The molecule has 3 heterocycles. The van der Waals surface area contributed by atoms with Crippen molar-refractivity contribution in [2.75, 3.05) is 38.2 Å². The van der Waals surface area contributed by atoms with Gasteiger partial charge < -0.3 is 19.3 Å². The number of rotatable bonds is 5. The highest BCUT2D eigenvalue weighted by atomic mass is 35.5. The summed E-state index contributed by atoms with van der Waals surface area (Å²) >= 11 is 6.22. The second-order valence-electron chi connectivity index (χ2n) is 7.80. The van der Waals surface area contributed by atoms with Crippen molar-refractivity contribution in [2.24, 2.45) is 0 Å². The number of carbonyl (C=O) groups excluding carboxylic acids is 1. The second kappa shape index (κ2) is 9.21. The van der Waals surface area contributed by atoms with E-state index in [1.165, 1.54) is 0 Å². The van der Waals surface area contributed by atoms with Gasteiger partial charge in [0.05, 0.1) is 5.52 Å². The Balaban J connectivity index is 1.37. The number of piperazine rings is 1. The Bertz CT molecular complexity index is 1290. The predicted molar refractivity (Wildman–Crippen MR) is 124 cm³/mol. The molecule has 0 unspecified atom stereocenters. The molecule has 4 aromatic rings. The van der Waals surface area contributed by atoms with Gasteiger partial charge in [0.1, 0.15) is 13.2 Å². The van der Waals surface area contributed by atoms with Crippen LogP contribution in [0, 0.1) is 0 Å². The maximum atomic E-state index is 12.6. The Hall–Kier alpha value is -3.43. The Morgan fingerprint density at radius 3 is 2.58 bits per heavy atom. The first-order valence-corrected chi connectivity index (χ1v) is 11.0. The van der Waals surface area contributed by atoms with Gasteiger partial charge in [-0.2, -0.15) is 0 Å². The zero-order valence-corrected chi connectivity index (χ0v) is 18.9. The van der Waals surface area contributed by atoms with E-state index < -0.39 is 0 Å². The maximum absolute atomic E-state index is 12.6. The molecule has 0 bridgehead atoms. The number of benzene rings is 2. The van der Waals surface area contributed by atoms with Crippen LogP contribution in [0.15, 0.2) is 48.5 Å². The molecule has 0 N–H and O–H groups in total. The lowest BCUT2D eigenvalue weighted by Gasteiger charge is -2.35. The third kappa shape index (κ3) is 4.29. The third-order valence-electron chi connectivity index (χ3n) is 5.65. The molecule has 1 fully saturated rings. The Labute approximate surface area is 195 Å². The van der Waals surface area contributed by atoms with Gasteiger partial charge in [-0.1, -0.05) is 41.9 Å². The van der Waals surface area contributed by atoms with E-state index in [9.17, 15) is 4.79 Å². The first kappa shape index (κ1) is 21.4. The third-order valence-corrected chi connectivity index (χ3v) is 5.89. The Morgan fingerprint density at radius 2 is 1.82 bits per heavy atom. The molecule has 0 radical (unpaired) electrons. The SMILES string of the molecule is COCc1nnc2c3ccc(Cl)cc3nc(N3CCN(C(=O)OCc4ccccc4)CC3)n12. The molecule has 0 spiro atoms. The highest BCUT2D eigenvalue weighted by molar-refractivity contribution is 6.31. The topological polar surface area (TPSA) is 85.1 Å². The van der Waals surface area contributed by atoms with Gasteiger partial charge in [-0.25, -0.2) is 14.2 Å². The highest BCUT2D eigenvalue weighted by Crippen LogP contribution is 2.27. The van der Waals surface area contributed by atoms with Crippen LogP contribution in [-0.4, -0.2) is 63.9 Å². The maximum Gasteiger partial charge on any atom is 0.410 e. The number of amides is 1. The van der Waals surface area contributed by atoms with Crippen LogP contribution in [0.25, 0.3) is 16.6 Å². The van der Waals surface area contributed by atoms with Crippen molar-refractivity contribution in [3.05, 3.63) is 64.9 Å². The first-order chi connectivity index (χ1) is 16.1. The fourth-order valence-corrected chi connectivity index (χ4v) is 4.15. The molecular formula is C23H23ClN6O3. The van der Waals surface area contributed by atoms with Crippen LogP contribution in [0.5, 0.6) is 0 Å². The molecular weight excluding hydrogens is 444 g/mol. The van der Waals surface area contributed by atoms with Crippen LogP contribution in [-0.2, 0) is 22.7 Å². The van der Waals surface area contributed by atoms with Crippen LogP contribution < -0.4 is 4.90 Å². The molecule has 5 rings (SSSR count). The molecule has 0 saturated carbocycles. The molecule has 9 nitrogen and oxygen atoms in total. The van der Waals surface area contributed by atoms with E-state index in [1.54, 1.807) is 12.0 Å². The molecule has 1 saturated heterocycles. The molecule has 1 aliphatic rings. The minimum atomic E-state index is -0.314. The zero-order valence-electron chi connectivity index (χ0n) is 18.1. The lowest BCUT2D eigenvalue weighted by Crippen LogP contribution is -2.49. The van der Waals surface area contributed by atoms with Crippen molar-refractivity contribution in [3.63, 3.8) is 0 Å². The fraction of sp³-hybridized carbons (Fsp3) is 0.304. The predicted octanol–water partition coefficient (Wildman–Crippen LogP) is 3.54. The van der Waals surface area contributed by atoms with E-state index >= 15 is 0 Å². The van der Waals surface area contributed by atoms with E-state index in [0.29, 0.717) is 55.2 Å². The van der Waals surface area contributed by atoms with Crippen LogP contribution in [0.1, 0.15) is 11.4 Å². The van der Waals surface area contributed by atoms with Gasteiger partial charge in [-0.05, 0) is 23.8 Å². The van der Waals surface area contributed by atoms with Crippen LogP contribution >= 0.6 is 11.6 Å². The van der Waals surface area contributed by atoms with Gasteiger partial charge in [0.25, 0.3) is 0 Å². The molecule has 0 aliphatic carbocycles. The lowest BCUT2D eigenvalue weighted by molar-refractivity contribution is 0.0940. The van der Waals surface area contributed by atoms with Crippen molar-refractivity contribution in [1.29, 1.82) is 0 Å². The van der Waals surface area contributed by atoms with Crippen molar-refractivity contribution < 1.29 is 14.3 Å². The molecule has 33 heavy (non-hydrogen) atoms. The number of ether oxygens (including phenoxy) is 2. The average molecular weight is 467 g/mol. The van der Waals surface area contributed by atoms with Gasteiger partial charge >= 0.3 is 6.09 Å². The number of halogens is 1. The van der Waals surface area contributed by atoms with E-state index in [4.69, 9.17) is 26.1 Å². The molecule has 2 aromatic heterocycles. The largest absolute Gasteiger partial charge is 0.445 e. The van der Waals surface area contributed by atoms with E-state index in [2.05, 4.69) is 15.1 Å². The summed E-state index contributed by atoms with van der Waals surface area (Å²) in [5.41, 5.74) is 2.40. The fourth-order valence-electron chi connectivity index (χ4n) is 3.98. The number of hydrogen-bond donors (Lipinski definition) is 0. The number of nitrogens with zero attached hydrogens (tertiary/aromatic N) is 6. The molecule has 2 aromatic carbocycles. The number of anilines is 1. The van der Waals surface area contributed by atoms with Gasteiger partial charge in [-0.15, -0.1) is 10.2 Å². The van der Waals surface area contributed by atoms with E-state index in [1.807, 2.05) is 52.9 Å². The lowest BCUT2D eigenvalue weighted by atomic mass is 10.2. The van der Waals surface area contributed by atoms with Gasteiger partial charge in [0.2, 0.25) is 5.95 Å². The van der Waals surface area contributed by atoms with E-state index in [-0.39, 0.29) is 12.7 Å². The summed E-state index contributed by atoms with van der Waals surface area (Å²) in [5, 5.41) is 10.2. The van der Waals surface area contributed by atoms with Gasteiger partial charge in [0, 0.05) is 43.7 Å². The molecule has 0 atom stereocenters. The Kier molecular flexibility index (Phi) is 5.97. The van der Waals surface area contributed by atoms with E-state index in [0.717, 1.165) is 16.5 Å². The standard InChI is InChI=1S/C23H23ClN6O3/c1-32-15-20-26-27-21-18-8-7-17(24)13-19(18)25-22(30(20)21)28-9-11-29(12-10-28)23(31)33-14-16-5-3-2-4-6-16/h2-8,13H,9-12,14-15H2,1H3. The van der Waals surface area contributed by atoms with Crippen LogP contribution in [0.4, 0.5) is 10.7 Å². The number of carbonyl (C=O) groups is 1. The Morgan fingerprint density at radius 1 is 1.03 bits per heavy atom. The zero-order chi connectivity index (χ0) is 22.8. The minimum absolute atomic E-state index is 0.259. The van der Waals surface area contributed by atoms with Crippen LogP contribution in [0.3, 0.4) is 0 Å². The molecule has 170 valence electrons. The first-order valence-electron chi connectivity index (χ1n) is 10.7. The molecule has 10 heteroatoms. The normalized spacial score (nSPS) is 14.2. The molecule has 1 aliphatic heterocycles. The highest BCUT2D eigenvalue weighted by Gasteiger charge is 2.26. The summed E-state index contributed by atoms with van der Waals surface area (Å²) in [7, 11) is 1.62. The summed E-state index contributed by atoms with van der Waals surface area (Å²) in [6.07, 6.45) is -0.314. The summed E-state index contributed by atoms with van der Waals surface area (Å²) in [4.78, 5) is 21.3. The summed E-state index contributed by atoms with van der Waals surface area (Å²) in [5.74, 6) is 1.37. The summed E-state index contributed by atoms with van der Waals surface area (Å²) < 4.78 is 12.7. The monoisotopic (exact) mass is 466 g/mol. The van der Waals surface area contributed by atoms with Crippen LogP contribution in [0.2, 0.25) is 5.02 Å². The minimum Gasteiger partial charge on any atom is -0.445 e. The summed E-state index contributed by atoms with van der Waals surface area (Å²) in [6, 6.07) is 15.2. The quantitative estimate of drug-likeness (QED) is 0.444. The second-order valence-corrected chi connectivity index (χ2v) is 8.23. The number of aromatic nitrogens is 4.